The van der Waals surface area contributed by atoms with Crippen molar-refractivity contribution in [2.45, 2.75) is 6.42 Å². The van der Waals surface area contributed by atoms with E-state index < -0.39 is 0 Å². The van der Waals surface area contributed by atoms with Gasteiger partial charge in [0.05, 0.1) is 9.92 Å². The van der Waals surface area contributed by atoms with Crippen LogP contribution in [0.1, 0.15) is 6.42 Å². The van der Waals surface area contributed by atoms with E-state index >= 15 is 0 Å². The molecule has 0 radical (unpaired) electrons. The van der Waals surface area contributed by atoms with Gasteiger partial charge in [0.15, 0.2) is 0 Å². The third kappa shape index (κ3) is 4.12. The molecule has 90 valence electrons. The molecule has 1 aromatic carbocycles. The number of benzene rings is 1. The molecule has 1 aromatic rings. The first-order chi connectivity index (χ1) is 8.25. The van der Waals surface area contributed by atoms with Crippen LogP contribution in [-0.4, -0.2) is 11.5 Å². The fraction of sp³-hybridized carbons (Fsp3) is 0.273. The van der Waals surface area contributed by atoms with Crippen molar-refractivity contribution in [3.8, 4) is 0 Å². The van der Waals surface area contributed by atoms with Crippen molar-refractivity contribution in [2.75, 3.05) is 11.5 Å². The molecule has 0 N–H and O–H groups in total. The van der Waals surface area contributed by atoms with E-state index in [1.54, 1.807) is 35.7 Å². The van der Waals surface area contributed by atoms with Crippen molar-refractivity contribution < 1.29 is 4.39 Å². The highest BCUT2D eigenvalue weighted by atomic mass is 79.9. The zero-order valence-electron chi connectivity index (χ0n) is 8.90. The van der Waals surface area contributed by atoms with E-state index in [4.69, 9.17) is 0 Å². The Morgan fingerprint density at radius 3 is 2.47 bits per heavy atom. The second-order valence-electron chi connectivity index (χ2n) is 3.31. The lowest BCUT2D eigenvalue weighted by Crippen LogP contribution is -1.92. The van der Waals surface area contributed by atoms with Crippen LogP contribution in [0.3, 0.4) is 0 Å². The fourth-order valence-corrected chi connectivity index (χ4v) is 4.25. The number of thioether (sulfide) groups is 2. The summed E-state index contributed by atoms with van der Waals surface area (Å²) in [6.45, 7) is 0. The fourth-order valence-electron chi connectivity index (χ4n) is 1.20. The SMILES string of the molecule is Fc1ccc(N=NC(Br)=C2SCCCS2)cc1. The monoisotopic (exact) mass is 332 g/mol. The molecule has 0 aliphatic carbocycles. The van der Waals surface area contributed by atoms with Gasteiger partial charge in [-0.15, -0.1) is 33.8 Å². The summed E-state index contributed by atoms with van der Waals surface area (Å²) >= 11 is 7.00. The van der Waals surface area contributed by atoms with Crippen LogP contribution in [0, 0.1) is 5.82 Å². The minimum Gasteiger partial charge on any atom is -0.207 e. The molecule has 0 spiro atoms. The molecule has 0 amide bonds. The number of halogens is 2. The van der Waals surface area contributed by atoms with Crippen LogP contribution < -0.4 is 0 Å². The minimum absolute atomic E-state index is 0.264. The molecule has 0 bridgehead atoms. The molecule has 0 saturated carbocycles. The lowest BCUT2D eigenvalue weighted by molar-refractivity contribution is 0.628. The lowest BCUT2D eigenvalue weighted by atomic mass is 10.3. The average molecular weight is 333 g/mol. The first kappa shape index (κ1) is 13.1. The maximum Gasteiger partial charge on any atom is 0.148 e. The Balaban J connectivity index is 2.06. The van der Waals surface area contributed by atoms with Gasteiger partial charge in [0.1, 0.15) is 10.4 Å². The lowest BCUT2D eigenvalue weighted by Gasteiger charge is -2.12. The van der Waals surface area contributed by atoms with Crippen LogP contribution in [0.25, 0.3) is 0 Å². The van der Waals surface area contributed by atoms with Crippen molar-refractivity contribution in [3.63, 3.8) is 0 Å². The maximum absolute atomic E-state index is 12.7. The Morgan fingerprint density at radius 1 is 1.18 bits per heavy atom. The molecule has 1 aliphatic heterocycles. The number of rotatable bonds is 2. The van der Waals surface area contributed by atoms with Gasteiger partial charge in [0.2, 0.25) is 0 Å². The number of hydrogen-bond donors (Lipinski definition) is 0. The van der Waals surface area contributed by atoms with Gasteiger partial charge >= 0.3 is 0 Å². The minimum atomic E-state index is -0.264. The van der Waals surface area contributed by atoms with Gasteiger partial charge in [-0.05, 0) is 58.1 Å². The Bertz CT molecular complexity index is 437. The van der Waals surface area contributed by atoms with E-state index in [1.165, 1.54) is 22.8 Å². The number of hydrogen-bond acceptors (Lipinski definition) is 4. The van der Waals surface area contributed by atoms with Crippen LogP contribution in [-0.2, 0) is 0 Å². The van der Waals surface area contributed by atoms with Crippen LogP contribution in [0.4, 0.5) is 10.1 Å². The second-order valence-corrected chi connectivity index (χ2v) is 6.53. The van der Waals surface area contributed by atoms with Gasteiger partial charge in [-0.3, -0.25) is 0 Å². The summed E-state index contributed by atoms with van der Waals surface area (Å²) in [6.07, 6.45) is 1.23. The molecule has 17 heavy (non-hydrogen) atoms. The molecule has 1 heterocycles. The van der Waals surface area contributed by atoms with Crippen molar-refractivity contribution in [2.24, 2.45) is 10.2 Å². The predicted molar refractivity (Wildman–Crippen MR) is 76.4 cm³/mol. The molecule has 0 aromatic heterocycles. The molecule has 2 rings (SSSR count). The molecule has 0 unspecified atom stereocenters. The summed E-state index contributed by atoms with van der Waals surface area (Å²) in [7, 11) is 0. The van der Waals surface area contributed by atoms with E-state index in [0.29, 0.717) is 5.69 Å². The standard InChI is InChI=1S/C11H10BrFN2S2/c12-10(11-16-6-1-7-17-11)15-14-9-4-2-8(13)3-5-9/h2-5H,1,6-7H2. The van der Waals surface area contributed by atoms with Crippen molar-refractivity contribution in [1.82, 2.24) is 0 Å². The first-order valence-electron chi connectivity index (χ1n) is 5.08. The van der Waals surface area contributed by atoms with Crippen molar-refractivity contribution in [3.05, 3.63) is 38.9 Å². The van der Waals surface area contributed by atoms with Crippen LogP contribution in [0.15, 0.2) is 43.3 Å². The molecule has 1 fully saturated rings. The first-order valence-corrected chi connectivity index (χ1v) is 7.85. The average Bonchev–Trinajstić information content (AvgIpc) is 2.39. The van der Waals surface area contributed by atoms with E-state index in [1.807, 2.05) is 0 Å². The second kappa shape index (κ2) is 6.56. The molecular weight excluding hydrogens is 323 g/mol. The van der Waals surface area contributed by atoms with E-state index in [2.05, 4.69) is 26.2 Å². The van der Waals surface area contributed by atoms with Crippen LogP contribution in [0.5, 0.6) is 0 Å². The highest BCUT2D eigenvalue weighted by molar-refractivity contribution is 9.11. The Hall–Kier alpha value is -0.330. The molecule has 1 aliphatic rings. The zero-order valence-corrected chi connectivity index (χ0v) is 12.1. The highest BCUT2D eigenvalue weighted by Gasteiger charge is 2.10. The topological polar surface area (TPSA) is 24.7 Å². The van der Waals surface area contributed by atoms with E-state index in [0.717, 1.165) is 16.1 Å². The summed E-state index contributed by atoms with van der Waals surface area (Å²) in [6, 6.07) is 5.95. The third-order valence-electron chi connectivity index (χ3n) is 2.00. The summed E-state index contributed by atoms with van der Waals surface area (Å²) in [4.78, 5) is 0. The van der Waals surface area contributed by atoms with Gasteiger partial charge in [0.25, 0.3) is 0 Å². The van der Waals surface area contributed by atoms with Crippen molar-refractivity contribution in [1.29, 1.82) is 0 Å². The largest absolute Gasteiger partial charge is 0.207 e. The van der Waals surface area contributed by atoms with Crippen LogP contribution in [0.2, 0.25) is 0 Å². The van der Waals surface area contributed by atoms with Gasteiger partial charge < -0.3 is 0 Å². The number of nitrogens with zero attached hydrogens (tertiary/aromatic N) is 2. The summed E-state index contributed by atoms with van der Waals surface area (Å²) in [5.74, 6) is 1.99. The molecular formula is C11H10BrFN2S2. The molecule has 1 saturated heterocycles. The maximum atomic E-state index is 12.7. The third-order valence-corrected chi connectivity index (χ3v) is 5.69. The Morgan fingerprint density at radius 2 is 1.82 bits per heavy atom. The Kier molecular flexibility index (Phi) is 5.06. The summed E-state index contributed by atoms with van der Waals surface area (Å²) in [5, 5.41) is 8.15. The van der Waals surface area contributed by atoms with Gasteiger partial charge in [-0.2, -0.15) is 0 Å². The number of azo groups is 1. The van der Waals surface area contributed by atoms with E-state index in [-0.39, 0.29) is 5.82 Å². The van der Waals surface area contributed by atoms with Gasteiger partial charge in [-0.25, -0.2) is 4.39 Å². The van der Waals surface area contributed by atoms with Crippen LogP contribution >= 0.6 is 39.5 Å². The van der Waals surface area contributed by atoms with E-state index in [9.17, 15) is 4.39 Å². The zero-order chi connectivity index (χ0) is 12.1. The normalized spacial score (nSPS) is 16.5. The Labute approximate surface area is 116 Å². The quantitative estimate of drug-likeness (QED) is 0.542. The molecule has 6 heteroatoms. The van der Waals surface area contributed by atoms with Gasteiger partial charge in [-0.1, -0.05) is 0 Å². The molecule has 2 nitrogen and oxygen atoms in total. The highest BCUT2D eigenvalue weighted by Crippen LogP contribution is 2.39. The smallest absolute Gasteiger partial charge is 0.148 e. The summed E-state index contributed by atoms with van der Waals surface area (Å²) < 4.78 is 14.6. The van der Waals surface area contributed by atoms with Gasteiger partial charge in [0, 0.05) is 0 Å². The predicted octanol–water partition coefficient (Wildman–Crippen LogP) is 5.30. The summed E-state index contributed by atoms with van der Waals surface area (Å²) in [5.41, 5.74) is 0.648. The molecule has 0 atom stereocenters. The van der Waals surface area contributed by atoms with Crippen molar-refractivity contribution >= 4 is 45.1 Å².